The molecule has 4 heterocycles. The molecule has 2 aromatic heterocycles. The molecule has 4 aromatic rings. The molecule has 1 N–H and O–H groups in total. The third-order valence-corrected chi connectivity index (χ3v) is 12.6. The Morgan fingerprint density at radius 2 is 1.77 bits per heavy atom. The van der Waals surface area contributed by atoms with Gasteiger partial charge < -0.3 is 23.5 Å². The summed E-state index contributed by atoms with van der Waals surface area (Å²) < 4.78 is 42.5. The lowest BCUT2D eigenvalue weighted by Gasteiger charge is -2.29. The first-order valence-electron chi connectivity index (χ1n) is 18.4. The van der Waals surface area contributed by atoms with Crippen molar-refractivity contribution in [1.29, 1.82) is 0 Å². The van der Waals surface area contributed by atoms with Crippen molar-refractivity contribution in [3.8, 4) is 17.0 Å². The van der Waals surface area contributed by atoms with Crippen molar-refractivity contribution in [3.63, 3.8) is 0 Å². The summed E-state index contributed by atoms with van der Waals surface area (Å²) >= 11 is 0. The van der Waals surface area contributed by atoms with E-state index in [1.54, 1.807) is 19.2 Å². The monoisotopic (exact) mass is 730 g/mol. The lowest BCUT2D eigenvalue weighted by molar-refractivity contribution is 0.0650. The van der Waals surface area contributed by atoms with Crippen LogP contribution in [0.4, 0.5) is 0 Å². The minimum atomic E-state index is -3.99. The summed E-state index contributed by atoms with van der Waals surface area (Å²) in [5.41, 5.74) is 5.93. The molecule has 0 spiro atoms. The molecule has 52 heavy (non-hydrogen) atoms. The largest absolute Gasteiger partial charge is 0.497 e. The highest BCUT2D eigenvalue weighted by Crippen LogP contribution is 2.48. The molecule has 7 rings (SSSR count). The first-order chi connectivity index (χ1) is 24.9. The maximum Gasteiger partial charge on any atom is 0.303 e. The first kappa shape index (κ1) is 36.2. The molecule has 0 radical (unpaired) electrons. The van der Waals surface area contributed by atoms with Gasteiger partial charge >= 0.3 is 10.2 Å². The minimum Gasteiger partial charge on any atom is -0.497 e. The van der Waals surface area contributed by atoms with Gasteiger partial charge in [-0.2, -0.15) is 12.7 Å². The summed E-state index contributed by atoms with van der Waals surface area (Å²) in [6.07, 6.45) is 9.64. The standard InChI is InChI=1S/C39H50N6O6S/c1-24-12-14-29(22-42(2)3)45(24)39(47)33-23-51-38(40-33)28-18-27-19-30(50-6)15-17-31(27)36-35(25-10-8-7-9-11-25)32-16-13-26(20-34(32)44(36)21-28)37(46)41-52(48,49)43(4)5/h13,15-17,19-20,23-25,28-29H,7-12,14,18,21-22H2,1-6H3,(H,41,46). The van der Waals surface area contributed by atoms with E-state index in [2.05, 4.69) is 33.2 Å². The summed E-state index contributed by atoms with van der Waals surface area (Å²) in [5.74, 6) is 0.506. The molecule has 2 aromatic carbocycles. The van der Waals surface area contributed by atoms with Gasteiger partial charge in [0, 0.05) is 61.3 Å². The summed E-state index contributed by atoms with van der Waals surface area (Å²) in [6, 6.07) is 11.9. The van der Waals surface area contributed by atoms with Crippen LogP contribution >= 0.6 is 0 Å². The van der Waals surface area contributed by atoms with Gasteiger partial charge in [-0.25, -0.2) is 9.71 Å². The van der Waals surface area contributed by atoms with Gasteiger partial charge in [0.1, 0.15) is 12.0 Å². The molecule has 12 nitrogen and oxygen atoms in total. The van der Waals surface area contributed by atoms with Crippen LogP contribution in [-0.2, 0) is 23.2 Å². The molecule has 2 fully saturated rings. The van der Waals surface area contributed by atoms with E-state index in [-0.39, 0.29) is 29.5 Å². The summed E-state index contributed by atoms with van der Waals surface area (Å²) in [7, 11) is 4.49. The van der Waals surface area contributed by atoms with Crippen molar-refractivity contribution in [3.05, 3.63) is 70.9 Å². The molecular formula is C39H50N6O6S. The van der Waals surface area contributed by atoms with Crippen LogP contribution in [0.5, 0.6) is 5.75 Å². The van der Waals surface area contributed by atoms with Gasteiger partial charge in [-0.05, 0) is 100 Å². The normalized spacial score (nSPS) is 21.0. The summed E-state index contributed by atoms with van der Waals surface area (Å²) in [4.78, 5) is 36.3. The number of carbonyl (C=O) groups is 2. The Kier molecular flexibility index (Phi) is 9.96. The maximum absolute atomic E-state index is 14.0. The second kappa shape index (κ2) is 14.3. The summed E-state index contributed by atoms with van der Waals surface area (Å²) in [6.45, 7) is 3.36. The fraction of sp³-hybridized carbons (Fsp3) is 0.513. The van der Waals surface area contributed by atoms with E-state index in [1.165, 1.54) is 32.3 Å². The Morgan fingerprint density at radius 3 is 2.48 bits per heavy atom. The van der Waals surface area contributed by atoms with E-state index in [0.717, 1.165) is 82.8 Å². The number of aromatic nitrogens is 2. The average molecular weight is 731 g/mol. The third kappa shape index (κ3) is 6.74. The number of nitrogens with one attached hydrogen (secondary N) is 1. The van der Waals surface area contributed by atoms with Crippen LogP contribution in [0.3, 0.4) is 0 Å². The molecular weight excluding hydrogens is 681 g/mol. The van der Waals surface area contributed by atoms with Crippen LogP contribution in [0, 0.1) is 0 Å². The molecule has 1 saturated heterocycles. The van der Waals surface area contributed by atoms with Crippen molar-refractivity contribution in [1.82, 2.24) is 28.4 Å². The van der Waals surface area contributed by atoms with Gasteiger partial charge in [-0.15, -0.1) is 0 Å². The molecule has 13 heteroatoms. The Bertz CT molecular complexity index is 2100. The molecule has 2 aliphatic heterocycles. The van der Waals surface area contributed by atoms with E-state index in [1.807, 2.05) is 31.1 Å². The lowest BCUT2D eigenvalue weighted by Crippen LogP contribution is -2.44. The van der Waals surface area contributed by atoms with Crippen LogP contribution in [0.2, 0.25) is 0 Å². The average Bonchev–Trinajstić information content (AvgIpc) is 3.80. The molecule has 3 atom stereocenters. The number of carbonyl (C=O) groups excluding carboxylic acids is 2. The smallest absolute Gasteiger partial charge is 0.303 e. The quantitative estimate of drug-likeness (QED) is 0.229. The van der Waals surface area contributed by atoms with E-state index < -0.39 is 16.1 Å². The van der Waals surface area contributed by atoms with E-state index in [9.17, 15) is 18.0 Å². The van der Waals surface area contributed by atoms with Crippen LogP contribution < -0.4 is 9.46 Å². The second-order valence-electron chi connectivity index (χ2n) is 15.2. The zero-order chi connectivity index (χ0) is 36.9. The predicted molar refractivity (Wildman–Crippen MR) is 200 cm³/mol. The van der Waals surface area contributed by atoms with Crippen molar-refractivity contribution < 1.29 is 27.2 Å². The topological polar surface area (TPSA) is 130 Å². The molecule has 3 unspecified atom stereocenters. The Labute approximate surface area is 306 Å². The number of oxazole rings is 1. The van der Waals surface area contributed by atoms with Gasteiger partial charge in [0.15, 0.2) is 11.6 Å². The highest BCUT2D eigenvalue weighted by molar-refractivity contribution is 7.87. The number of hydrogen-bond donors (Lipinski definition) is 1. The van der Waals surface area contributed by atoms with Gasteiger partial charge in [-0.3, -0.25) is 9.59 Å². The van der Waals surface area contributed by atoms with Crippen LogP contribution in [0.15, 0.2) is 47.1 Å². The maximum atomic E-state index is 14.0. The number of rotatable bonds is 9. The molecule has 1 saturated carbocycles. The highest BCUT2D eigenvalue weighted by Gasteiger charge is 2.38. The predicted octanol–water partition coefficient (Wildman–Crippen LogP) is 5.78. The van der Waals surface area contributed by atoms with Gasteiger partial charge in [0.25, 0.3) is 11.8 Å². The number of amides is 2. The van der Waals surface area contributed by atoms with Crippen molar-refractivity contribution >= 4 is 32.9 Å². The minimum absolute atomic E-state index is 0.112. The molecule has 0 bridgehead atoms. The van der Waals surface area contributed by atoms with Crippen molar-refractivity contribution in [2.75, 3.05) is 41.8 Å². The van der Waals surface area contributed by atoms with Gasteiger partial charge in [-0.1, -0.05) is 25.3 Å². The molecule has 1 aliphatic carbocycles. The number of likely N-dealkylation sites (tertiary alicyclic amines) is 1. The van der Waals surface area contributed by atoms with Gasteiger partial charge in [0.2, 0.25) is 0 Å². The second-order valence-corrected chi connectivity index (χ2v) is 17.1. The van der Waals surface area contributed by atoms with Crippen LogP contribution in [0.25, 0.3) is 22.2 Å². The Balaban J connectivity index is 1.35. The zero-order valence-corrected chi connectivity index (χ0v) is 31.8. The van der Waals surface area contributed by atoms with Gasteiger partial charge in [0.05, 0.1) is 18.7 Å². The number of likely N-dealkylation sites (N-methyl/N-ethyl adjacent to an activating group) is 1. The van der Waals surface area contributed by atoms with Crippen molar-refractivity contribution in [2.45, 2.75) is 88.8 Å². The molecule has 3 aliphatic rings. The Morgan fingerprint density at radius 1 is 1.00 bits per heavy atom. The van der Waals surface area contributed by atoms with E-state index in [0.29, 0.717) is 30.5 Å². The van der Waals surface area contributed by atoms with Crippen molar-refractivity contribution in [2.24, 2.45) is 0 Å². The molecule has 2 amide bonds. The van der Waals surface area contributed by atoms with Crippen LogP contribution in [0.1, 0.15) is 102 Å². The van der Waals surface area contributed by atoms with E-state index >= 15 is 0 Å². The highest BCUT2D eigenvalue weighted by atomic mass is 32.2. The zero-order valence-electron chi connectivity index (χ0n) is 31.0. The summed E-state index contributed by atoms with van der Waals surface area (Å²) in [5, 5.41) is 1.05. The fourth-order valence-electron chi connectivity index (χ4n) is 8.63. The number of nitrogens with zero attached hydrogens (tertiary/aromatic N) is 5. The number of hydrogen-bond acceptors (Lipinski definition) is 8. The van der Waals surface area contributed by atoms with Crippen LogP contribution in [-0.4, -0.2) is 97.8 Å². The number of methoxy groups -OCH3 is 1. The Hall–Kier alpha value is -4.20. The fourth-order valence-corrected chi connectivity index (χ4v) is 9.16. The number of ether oxygens (including phenoxy) is 1. The number of fused-ring (bicyclic) bond motifs is 5. The SMILES string of the molecule is COc1ccc2c(c1)CC(c1nc(C(=O)N3C(C)CCC3CN(C)C)co1)Cn1c-2c(C2CCCCC2)c2ccc(C(=O)NS(=O)(=O)N(C)C)cc21. The van der Waals surface area contributed by atoms with E-state index in [4.69, 9.17) is 14.1 Å². The first-order valence-corrected chi connectivity index (χ1v) is 19.8. The molecule has 278 valence electrons. The number of benzene rings is 2. The third-order valence-electron chi connectivity index (χ3n) is 11.2. The lowest BCUT2D eigenvalue weighted by atomic mass is 9.81.